The van der Waals surface area contributed by atoms with E-state index in [9.17, 15) is 13.2 Å². The summed E-state index contributed by atoms with van der Waals surface area (Å²) in [7, 11) is -3.44. The van der Waals surface area contributed by atoms with E-state index < -0.39 is 10.0 Å². The first-order valence-electron chi connectivity index (χ1n) is 9.32. The second-order valence-electron chi connectivity index (χ2n) is 6.91. The first kappa shape index (κ1) is 20.6. The van der Waals surface area contributed by atoms with E-state index >= 15 is 0 Å². The number of para-hydroxylation sites is 1. The first-order valence-corrected chi connectivity index (χ1v) is 11.2. The molecule has 1 atom stereocenters. The molecule has 0 fully saturated rings. The van der Waals surface area contributed by atoms with Crippen LogP contribution in [-0.2, 0) is 16.6 Å². The molecule has 0 saturated heterocycles. The van der Waals surface area contributed by atoms with Crippen molar-refractivity contribution in [3.63, 3.8) is 0 Å². The lowest BCUT2D eigenvalue weighted by molar-refractivity contribution is 0.0940. The Labute approximate surface area is 172 Å². The van der Waals surface area contributed by atoms with E-state index in [1.165, 1.54) is 10.6 Å². The highest BCUT2D eigenvalue weighted by Crippen LogP contribution is 2.20. The van der Waals surface area contributed by atoms with Gasteiger partial charge in [0.2, 0.25) is 10.0 Å². The van der Waals surface area contributed by atoms with Crippen molar-refractivity contribution in [3.8, 4) is 0 Å². The number of hydrogen-bond donors (Lipinski definition) is 1. The number of sulfonamides is 1. The van der Waals surface area contributed by atoms with Gasteiger partial charge in [-0.05, 0) is 42.3 Å². The molecule has 6 heteroatoms. The molecule has 0 aliphatic rings. The SMILES string of the molecule is C[C@@H](NC(=O)c1ccc(CN(c2ccccc2)S(C)(=O)=O)cc1)c1ccccc1. The highest BCUT2D eigenvalue weighted by molar-refractivity contribution is 7.92. The number of rotatable bonds is 7. The maximum atomic E-state index is 12.5. The zero-order chi connectivity index (χ0) is 20.9. The number of nitrogens with one attached hydrogen (secondary N) is 1. The van der Waals surface area contributed by atoms with Crippen molar-refractivity contribution in [2.75, 3.05) is 10.6 Å². The molecule has 1 N–H and O–H groups in total. The molecule has 0 radical (unpaired) electrons. The molecule has 3 aromatic carbocycles. The molecule has 29 heavy (non-hydrogen) atoms. The molecule has 5 nitrogen and oxygen atoms in total. The van der Waals surface area contributed by atoms with Crippen molar-refractivity contribution in [3.05, 3.63) is 102 Å². The van der Waals surface area contributed by atoms with E-state index in [0.29, 0.717) is 11.3 Å². The smallest absolute Gasteiger partial charge is 0.251 e. The second-order valence-corrected chi connectivity index (χ2v) is 8.81. The summed E-state index contributed by atoms with van der Waals surface area (Å²) in [6.45, 7) is 2.14. The largest absolute Gasteiger partial charge is 0.346 e. The van der Waals surface area contributed by atoms with Gasteiger partial charge in [-0.3, -0.25) is 9.10 Å². The highest BCUT2D eigenvalue weighted by atomic mass is 32.2. The lowest BCUT2D eigenvalue weighted by Gasteiger charge is -2.22. The predicted octanol–water partition coefficient (Wildman–Crippen LogP) is 4.14. The van der Waals surface area contributed by atoms with Gasteiger partial charge in [0, 0.05) is 5.56 Å². The zero-order valence-electron chi connectivity index (χ0n) is 16.4. The van der Waals surface area contributed by atoms with Gasteiger partial charge in [0.25, 0.3) is 5.91 Å². The van der Waals surface area contributed by atoms with Crippen molar-refractivity contribution < 1.29 is 13.2 Å². The quantitative estimate of drug-likeness (QED) is 0.639. The lowest BCUT2D eigenvalue weighted by Crippen LogP contribution is -2.29. The fraction of sp³-hybridized carbons (Fsp3) is 0.174. The molecular weight excluding hydrogens is 384 g/mol. The van der Waals surface area contributed by atoms with Crippen LogP contribution in [0.15, 0.2) is 84.9 Å². The van der Waals surface area contributed by atoms with Gasteiger partial charge in [-0.25, -0.2) is 8.42 Å². The second kappa shape index (κ2) is 8.92. The van der Waals surface area contributed by atoms with E-state index in [-0.39, 0.29) is 18.5 Å². The normalized spacial score (nSPS) is 12.2. The van der Waals surface area contributed by atoms with Crippen LogP contribution < -0.4 is 9.62 Å². The third-order valence-electron chi connectivity index (χ3n) is 4.63. The van der Waals surface area contributed by atoms with Gasteiger partial charge in [0.15, 0.2) is 0 Å². The first-order chi connectivity index (χ1) is 13.8. The summed E-state index contributed by atoms with van der Waals surface area (Å²) in [6, 6.07) is 25.6. The molecule has 0 unspecified atom stereocenters. The van der Waals surface area contributed by atoms with E-state index in [0.717, 1.165) is 11.1 Å². The molecule has 1 amide bonds. The number of hydrogen-bond acceptors (Lipinski definition) is 3. The molecule has 0 heterocycles. The molecule has 0 saturated carbocycles. The van der Waals surface area contributed by atoms with Crippen LogP contribution in [0, 0.1) is 0 Å². The molecule has 3 rings (SSSR count). The van der Waals surface area contributed by atoms with Crippen molar-refractivity contribution in [1.82, 2.24) is 5.32 Å². The number of amides is 1. The Morgan fingerprint density at radius 3 is 2.00 bits per heavy atom. The summed E-state index contributed by atoms with van der Waals surface area (Å²) in [6.07, 6.45) is 1.19. The molecule has 3 aromatic rings. The number of nitrogens with zero attached hydrogens (tertiary/aromatic N) is 1. The van der Waals surface area contributed by atoms with Gasteiger partial charge in [-0.2, -0.15) is 0 Å². The van der Waals surface area contributed by atoms with Crippen LogP contribution in [0.3, 0.4) is 0 Å². The summed E-state index contributed by atoms with van der Waals surface area (Å²) in [5, 5.41) is 2.98. The Morgan fingerprint density at radius 2 is 1.45 bits per heavy atom. The summed E-state index contributed by atoms with van der Waals surface area (Å²) in [5.74, 6) is -0.170. The van der Waals surface area contributed by atoms with Crippen LogP contribution in [0.25, 0.3) is 0 Å². The van der Waals surface area contributed by atoms with E-state index in [1.54, 1.807) is 48.5 Å². The Morgan fingerprint density at radius 1 is 0.897 bits per heavy atom. The minimum Gasteiger partial charge on any atom is -0.346 e. The fourth-order valence-electron chi connectivity index (χ4n) is 3.03. The molecule has 0 aromatic heterocycles. The average Bonchev–Trinajstić information content (AvgIpc) is 2.73. The molecule has 0 aliphatic heterocycles. The zero-order valence-corrected chi connectivity index (χ0v) is 17.3. The van der Waals surface area contributed by atoms with Crippen molar-refractivity contribution in [2.45, 2.75) is 19.5 Å². The highest BCUT2D eigenvalue weighted by Gasteiger charge is 2.18. The minimum absolute atomic E-state index is 0.109. The van der Waals surface area contributed by atoms with Crippen LogP contribution in [-0.4, -0.2) is 20.6 Å². The van der Waals surface area contributed by atoms with Crippen LogP contribution in [0.2, 0.25) is 0 Å². The van der Waals surface area contributed by atoms with Gasteiger partial charge in [0.1, 0.15) is 0 Å². The van der Waals surface area contributed by atoms with Gasteiger partial charge in [-0.15, -0.1) is 0 Å². The van der Waals surface area contributed by atoms with E-state index in [2.05, 4.69) is 5.32 Å². The minimum atomic E-state index is -3.44. The van der Waals surface area contributed by atoms with Crippen molar-refractivity contribution in [2.24, 2.45) is 0 Å². The Balaban J connectivity index is 1.71. The fourth-order valence-corrected chi connectivity index (χ4v) is 3.91. The maximum Gasteiger partial charge on any atom is 0.251 e. The average molecular weight is 409 g/mol. The number of carbonyl (C=O) groups excluding carboxylic acids is 1. The monoisotopic (exact) mass is 408 g/mol. The topological polar surface area (TPSA) is 66.5 Å². The van der Waals surface area contributed by atoms with E-state index in [1.807, 2.05) is 43.3 Å². The third-order valence-corrected chi connectivity index (χ3v) is 5.77. The standard InChI is InChI=1S/C23H24N2O3S/c1-18(20-9-5-3-6-10-20)24-23(26)21-15-13-19(14-16-21)17-25(29(2,27)28)22-11-7-4-8-12-22/h3-16,18H,17H2,1-2H3,(H,24,26)/t18-/m1/s1. The Hall–Kier alpha value is -3.12. The van der Waals surface area contributed by atoms with Gasteiger partial charge >= 0.3 is 0 Å². The van der Waals surface area contributed by atoms with Crippen LogP contribution in [0.1, 0.15) is 34.5 Å². The van der Waals surface area contributed by atoms with Crippen LogP contribution >= 0.6 is 0 Å². The predicted molar refractivity (Wildman–Crippen MR) is 116 cm³/mol. The summed E-state index contributed by atoms with van der Waals surface area (Å²) >= 11 is 0. The number of benzene rings is 3. The third kappa shape index (κ3) is 5.45. The number of carbonyl (C=O) groups is 1. The van der Waals surface area contributed by atoms with Gasteiger partial charge in [-0.1, -0.05) is 60.7 Å². The van der Waals surface area contributed by atoms with Crippen LogP contribution in [0.4, 0.5) is 5.69 Å². The number of anilines is 1. The summed E-state index contributed by atoms with van der Waals surface area (Å²) in [4.78, 5) is 12.5. The van der Waals surface area contributed by atoms with Gasteiger partial charge < -0.3 is 5.32 Å². The van der Waals surface area contributed by atoms with E-state index in [4.69, 9.17) is 0 Å². The Kier molecular flexibility index (Phi) is 6.34. The molecule has 0 bridgehead atoms. The molecular formula is C23H24N2O3S. The van der Waals surface area contributed by atoms with Crippen molar-refractivity contribution >= 4 is 21.6 Å². The van der Waals surface area contributed by atoms with Gasteiger partial charge in [0.05, 0.1) is 24.5 Å². The summed E-state index contributed by atoms with van der Waals surface area (Å²) < 4.78 is 25.8. The molecule has 0 spiro atoms. The Bertz CT molecular complexity index is 1050. The maximum absolute atomic E-state index is 12.5. The van der Waals surface area contributed by atoms with Crippen molar-refractivity contribution in [1.29, 1.82) is 0 Å². The lowest BCUT2D eigenvalue weighted by atomic mass is 10.1. The molecule has 0 aliphatic carbocycles. The van der Waals surface area contributed by atoms with Crippen LogP contribution in [0.5, 0.6) is 0 Å². The summed E-state index contributed by atoms with van der Waals surface area (Å²) in [5.41, 5.74) is 2.96. The molecule has 150 valence electrons.